The van der Waals surface area contributed by atoms with Crippen LogP contribution in [0.15, 0.2) is 105 Å². The minimum atomic E-state index is -0.160. The molecular formula is C53H62Cl4N8O7. The fourth-order valence-corrected chi connectivity index (χ4v) is 7.76. The first-order chi connectivity index (χ1) is 33.9. The zero-order valence-electron chi connectivity index (χ0n) is 42.6. The van der Waals surface area contributed by atoms with Crippen LogP contribution >= 0.6 is 46.4 Å². The monoisotopic (exact) mass is 1060 g/mol. The van der Waals surface area contributed by atoms with Crippen molar-refractivity contribution < 1.29 is 18.9 Å². The average molecular weight is 1060 g/mol. The quantitative estimate of drug-likeness (QED) is 0.0931. The topological polar surface area (TPSA) is 168 Å². The molecule has 8 rings (SSSR count). The molecule has 0 atom stereocenters. The van der Waals surface area contributed by atoms with E-state index in [0.717, 1.165) is 110 Å². The molecule has 19 heteroatoms. The first kappa shape index (κ1) is 56.3. The highest BCUT2D eigenvalue weighted by Crippen LogP contribution is 2.30. The molecule has 72 heavy (non-hydrogen) atoms. The van der Waals surface area contributed by atoms with Gasteiger partial charge in [-0.25, -0.2) is 0 Å². The molecular weight excluding hydrogens is 1000 g/mol. The molecule has 0 saturated heterocycles. The second kappa shape index (κ2) is 25.1. The Bertz CT molecular complexity index is 3250. The number of ether oxygens (including phenoxy) is 4. The van der Waals surface area contributed by atoms with Crippen molar-refractivity contribution >= 4 is 46.4 Å². The Labute approximate surface area is 439 Å². The van der Waals surface area contributed by atoms with Gasteiger partial charge in [0.15, 0.2) is 0 Å². The molecule has 384 valence electrons. The van der Waals surface area contributed by atoms with E-state index in [4.69, 9.17) is 65.4 Å². The Morgan fingerprint density at radius 3 is 1.21 bits per heavy atom. The zero-order valence-corrected chi connectivity index (χ0v) is 45.6. The summed E-state index contributed by atoms with van der Waals surface area (Å²) < 4.78 is 26.0. The van der Waals surface area contributed by atoms with Crippen molar-refractivity contribution in [3.8, 4) is 23.0 Å². The van der Waals surface area contributed by atoms with Crippen LogP contribution < -0.4 is 35.6 Å². The molecule has 4 heterocycles. The van der Waals surface area contributed by atoms with Gasteiger partial charge in [-0.05, 0) is 155 Å². The largest absolute Gasteiger partial charge is 0.487 e. The van der Waals surface area contributed by atoms with E-state index in [1.54, 1.807) is 18.8 Å². The van der Waals surface area contributed by atoms with E-state index >= 15 is 0 Å². The molecule has 3 aromatic heterocycles. The molecule has 7 aromatic rings. The lowest BCUT2D eigenvalue weighted by Gasteiger charge is -2.26. The van der Waals surface area contributed by atoms with Gasteiger partial charge < -0.3 is 18.9 Å². The number of allylic oxidation sites excluding steroid dienone is 1. The van der Waals surface area contributed by atoms with Gasteiger partial charge in [-0.2, -0.15) is 0 Å². The minimum absolute atomic E-state index is 0.0717. The first-order valence-electron chi connectivity index (χ1n) is 22.6. The van der Waals surface area contributed by atoms with E-state index in [-0.39, 0.29) is 16.7 Å². The summed E-state index contributed by atoms with van der Waals surface area (Å²) in [6, 6.07) is 19.8. The standard InChI is InChI=1S/C15H19ClN2O.2C13H15ClN2O2.C12H13ClN2O2/c1-10-7-15(11(2)6-14(10)16)19-9-13-8-12(3)17(4)18(13)5;1-8-5-12(9(2)4-11(8)14)18-7-10-6-13(17)15-16(10)3;1-8-5-12(9(2)4-11(8)14)18-7-10-6-13(17)16(3)15-10;1-7-4-11(8(2)3-10(7)13)17-6-9-5-12(16)15-14-9/h6-8H,3,9H2,1-2,4-5H3;4-6H,7H2,1-3H3,(H,15,17);4-6,15H,7H2,1-3H3;3-5H,6H2,1-2H3,(H2,14,15,16). The normalized spacial score (nSPS) is 11.8. The summed E-state index contributed by atoms with van der Waals surface area (Å²) in [6.07, 6.45) is 2.03. The van der Waals surface area contributed by atoms with E-state index in [1.807, 2.05) is 134 Å². The molecule has 1 aliphatic rings. The summed E-state index contributed by atoms with van der Waals surface area (Å²) in [5, 5.41) is 17.7. The predicted molar refractivity (Wildman–Crippen MR) is 288 cm³/mol. The van der Waals surface area contributed by atoms with E-state index in [9.17, 15) is 14.4 Å². The maximum Gasteiger partial charge on any atom is 0.266 e. The van der Waals surface area contributed by atoms with Crippen molar-refractivity contribution in [3.63, 3.8) is 0 Å². The molecule has 0 aliphatic carbocycles. The maximum atomic E-state index is 11.3. The number of hydrogen-bond donors (Lipinski definition) is 4. The molecule has 0 spiro atoms. The fraction of sp³-hybridized carbons (Fsp3) is 0.302. The molecule has 0 saturated carbocycles. The van der Waals surface area contributed by atoms with Crippen LogP contribution in [0.2, 0.25) is 20.1 Å². The van der Waals surface area contributed by atoms with E-state index in [0.29, 0.717) is 32.1 Å². The van der Waals surface area contributed by atoms with Gasteiger partial charge in [-0.3, -0.25) is 54.2 Å². The number of benzene rings is 4. The molecule has 15 nitrogen and oxygen atoms in total. The minimum Gasteiger partial charge on any atom is -0.487 e. The molecule has 4 aromatic carbocycles. The molecule has 0 unspecified atom stereocenters. The summed E-state index contributed by atoms with van der Waals surface area (Å²) >= 11 is 24.1. The van der Waals surface area contributed by atoms with Gasteiger partial charge in [-0.1, -0.05) is 53.0 Å². The van der Waals surface area contributed by atoms with Crippen molar-refractivity contribution in [2.24, 2.45) is 14.1 Å². The Kier molecular flexibility index (Phi) is 19.6. The highest BCUT2D eigenvalue weighted by molar-refractivity contribution is 6.32. The highest BCUT2D eigenvalue weighted by Gasteiger charge is 2.20. The van der Waals surface area contributed by atoms with Gasteiger partial charge in [0.2, 0.25) is 0 Å². The Morgan fingerprint density at radius 1 is 0.444 bits per heavy atom. The molecule has 4 N–H and O–H groups in total. The third kappa shape index (κ3) is 15.4. The lowest BCUT2D eigenvalue weighted by Crippen LogP contribution is -2.30. The van der Waals surface area contributed by atoms with Crippen LogP contribution in [0.3, 0.4) is 0 Å². The molecule has 0 fully saturated rings. The van der Waals surface area contributed by atoms with Crippen LogP contribution in [-0.4, -0.2) is 60.5 Å². The van der Waals surface area contributed by atoms with Gasteiger partial charge in [-0.15, -0.1) is 0 Å². The second-order valence-corrected chi connectivity index (χ2v) is 19.1. The molecule has 0 amide bonds. The SMILES string of the molecule is C=C1C=C(COc2cc(C)c(Cl)cc2C)N(C)N1C.Cc1cc(OCc2cc(=O)[nH][nH]2)c(C)cc1Cl.Cc1cc(OCc2cc(=O)[nH]n2C)c(C)cc1Cl.Cc1cc(OCc2cc(=O)n(C)[nH]2)c(C)cc1Cl. The third-order valence-electron chi connectivity index (χ3n) is 11.6. The van der Waals surface area contributed by atoms with Crippen LogP contribution in [0.4, 0.5) is 0 Å². The second-order valence-electron chi connectivity index (χ2n) is 17.4. The summed E-state index contributed by atoms with van der Waals surface area (Å²) in [5.41, 5.74) is 11.8. The highest BCUT2D eigenvalue weighted by atomic mass is 35.5. The summed E-state index contributed by atoms with van der Waals surface area (Å²) in [5.74, 6) is 3.21. The lowest BCUT2D eigenvalue weighted by molar-refractivity contribution is 0.117. The van der Waals surface area contributed by atoms with Gasteiger partial charge in [0.25, 0.3) is 16.7 Å². The van der Waals surface area contributed by atoms with Crippen molar-refractivity contribution in [3.05, 3.63) is 204 Å². The Balaban J connectivity index is 0.000000178. The Hall–Kier alpha value is -6.65. The van der Waals surface area contributed by atoms with Crippen LogP contribution in [0.5, 0.6) is 23.0 Å². The molecule has 0 bridgehead atoms. The van der Waals surface area contributed by atoms with E-state index in [1.165, 1.54) is 22.9 Å². The van der Waals surface area contributed by atoms with Crippen LogP contribution in [0.1, 0.15) is 61.6 Å². The number of H-pyrrole nitrogens is 4. The molecule has 0 radical (unpaired) electrons. The van der Waals surface area contributed by atoms with Crippen molar-refractivity contribution in [2.75, 3.05) is 20.7 Å². The maximum absolute atomic E-state index is 11.3. The number of aromatic nitrogens is 6. The van der Waals surface area contributed by atoms with Crippen LogP contribution in [-0.2, 0) is 33.9 Å². The van der Waals surface area contributed by atoms with Gasteiger partial charge in [0, 0.05) is 66.5 Å². The lowest BCUT2D eigenvalue weighted by atomic mass is 10.1. The fourth-order valence-electron chi connectivity index (χ4n) is 6.88. The Morgan fingerprint density at radius 2 is 0.861 bits per heavy atom. The summed E-state index contributed by atoms with van der Waals surface area (Å²) in [4.78, 5) is 33.3. The van der Waals surface area contributed by atoms with Gasteiger partial charge in [0.1, 0.15) is 49.4 Å². The summed E-state index contributed by atoms with van der Waals surface area (Å²) in [7, 11) is 7.42. The van der Waals surface area contributed by atoms with Crippen LogP contribution in [0.25, 0.3) is 0 Å². The van der Waals surface area contributed by atoms with Crippen molar-refractivity contribution in [1.82, 2.24) is 39.8 Å². The number of likely N-dealkylation sites (N-methyl/N-ethyl adjacent to an activating group) is 2. The average Bonchev–Trinajstić information content (AvgIpc) is 4.05. The first-order valence-corrected chi connectivity index (χ1v) is 24.1. The zero-order chi connectivity index (χ0) is 53.1. The third-order valence-corrected chi connectivity index (χ3v) is 13.2. The number of nitrogens with zero attached hydrogens (tertiary/aromatic N) is 4. The number of aryl methyl sites for hydroxylation is 10. The van der Waals surface area contributed by atoms with Gasteiger partial charge >= 0.3 is 0 Å². The number of hydrogen-bond acceptors (Lipinski definition) is 9. The molecule has 1 aliphatic heterocycles. The van der Waals surface area contributed by atoms with Crippen LogP contribution in [0, 0.1) is 55.4 Å². The van der Waals surface area contributed by atoms with E-state index < -0.39 is 0 Å². The number of hydrazine groups is 1. The number of aromatic amines is 4. The summed E-state index contributed by atoms with van der Waals surface area (Å²) in [6.45, 7) is 21.1. The van der Waals surface area contributed by atoms with Gasteiger partial charge in [0.05, 0.1) is 28.5 Å². The van der Waals surface area contributed by atoms with Crippen molar-refractivity contribution in [2.45, 2.75) is 75.2 Å². The number of rotatable bonds is 12. The number of halogens is 4. The smallest absolute Gasteiger partial charge is 0.266 e. The van der Waals surface area contributed by atoms with E-state index in [2.05, 4.69) is 27.0 Å². The van der Waals surface area contributed by atoms with Crippen molar-refractivity contribution in [1.29, 1.82) is 0 Å². The predicted octanol–water partition coefficient (Wildman–Crippen LogP) is 11.2. The number of nitrogens with one attached hydrogen (secondary N) is 4.